The average molecular weight is 1480 g/mol. The van der Waals surface area contributed by atoms with Crippen LogP contribution in [-0.4, -0.2) is 90.7 Å². The first-order valence-electron chi connectivity index (χ1n) is 19.8. The van der Waals surface area contributed by atoms with Crippen LogP contribution < -0.4 is 15.9 Å². The molecule has 524 valence electrons. The van der Waals surface area contributed by atoms with Gasteiger partial charge in [0, 0.05) is 7.92 Å². The third kappa shape index (κ3) is 11.6. The highest BCUT2D eigenvalue weighted by molar-refractivity contribution is 7.79. The van der Waals surface area contributed by atoms with Crippen molar-refractivity contribution in [3.63, 3.8) is 0 Å². The van der Waals surface area contributed by atoms with Gasteiger partial charge in [-0.2, -0.15) is 171 Å². The molecule has 0 saturated carbocycles. The maximum atomic E-state index is 16.1. The van der Waals surface area contributed by atoms with Crippen LogP contribution >= 0.6 is 7.92 Å². The minimum Gasteiger partial charge on any atom is -0.264 e. The second-order valence-corrected chi connectivity index (χ2v) is 18.4. The fraction of sp³-hybridized carbons (Fsp3) is 0.500. The first kappa shape index (κ1) is 79.6. The standard InChI is InChI=1S/C36F51O3P/c37-4-1(19(49,50)25(61,31(73,74)75)88-34(82,83)22(55,56)28(64,65)66)5(38)11(44)16(10(4)43)91(17-12(45)6(39)2(7(40)13(17)46)20(51,52)26(62,32(76,77)78)89-35(84,85)23(57,58)29(67,68)69)18-14(47)8(41)3(9(42)15(18)48)21(53,54)27(63,33(79,80)81)90-36(86,87)24(59,60)30(70,71)72. The maximum Gasteiger partial charge on any atom is 0.462 e. The number of rotatable bonds is 18. The van der Waals surface area contributed by atoms with Gasteiger partial charge in [0.2, 0.25) is 0 Å². The normalized spacial score (nSPS) is 17.3. The Hall–Kier alpha value is -5.60. The van der Waals surface area contributed by atoms with Crippen LogP contribution in [0.2, 0.25) is 0 Å². The molecule has 3 aromatic carbocycles. The van der Waals surface area contributed by atoms with Crippen LogP contribution in [0.3, 0.4) is 0 Å². The first-order chi connectivity index (χ1) is 39.4. The zero-order valence-corrected chi connectivity index (χ0v) is 39.8. The summed E-state index contributed by atoms with van der Waals surface area (Å²) < 4.78 is 732. The molecule has 0 aromatic heterocycles. The van der Waals surface area contributed by atoms with Crippen molar-refractivity contribution in [2.45, 2.75) is 108 Å². The predicted octanol–water partition coefficient (Wildman–Crippen LogP) is 17.5. The molecule has 0 fully saturated rings. The van der Waals surface area contributed by atoms with Crippen LogP contribution in [0.15, 0.2) is 0 Å². The molecule has 0 aliphatic rings. The van der Waals surface area contributed by atoms with Crippen molar-refractivity contribution in [1.82, 2.24) is 0 Å². The Kier molecular flexibility index (Phi) is 19.5. The lowest BCUT2D eigenvalue weighted by Crippen LogP contribution is -2.64. The highest BCUT2D eigenvalue weighted by Gasteiger charge is 2.87. The Labute approximate surface area is 457 Å². The van der Waals surface area contributed by atoms with Gasteiger partial charge in [-0.25, -0.2) is 52.7 Å². The molecule has 0 saturated heterocycles. The summed E-state index contributed by atoms with van der Waals surface area (Å²) in [6, 6.07) is 0. The Balaban J connectivity index is 2.94. The molecule has 0 aliphatic carbocycles. The van der Waals surface area contributed by atoms with Gasteiger partial charge in [-0.3, -0.25) is 14.2 Å². The maximum absolute atomic E-state index is 16.1. The Morgan fingerprint density at radius 1 is 0.187 bits per heavy atom. The van der Waals surface area contributed by atoms with Crippen LogP contribution in [-0.2, 0) is 32.0 Å². The van der Waals surface area contributed by atoms with Crippen molar-refractivity contribution in [2.24, 2.45) is 0 Å². The fourth-order valence-corrected chi connectivity index (χ4v) is 8.65. The van der Waals surface area contributed by atoms with E-state index in [9.17, 15) is 132 Å². The van der Waals surface area contributed by atoms with Gasteiger partial charge >= 0.3 is 108 Å². The summed E-state index contributed by atoms with van der Waals surface area (Å²) in [5.74, 6) is -144. The van der Waals surface area contributed by atoms with Crippen LogP contribution in [0.1, 0.15) is 16.7 Å². The van der Waals surface area contributed by atoms with Gasteiger partial charge in [-0.1, -0.05) is 0 Å². The second kappa shape index (κ2) is 22.3. The number of benzene rings is 3. The molecule has 3 nitrogen and oxygen atoms in total. The van der Waals surface area contributed by atoms with Gasteiger partial charge < -0.3 is 0 Å². The molecule has 3 aromatic rings. The molecule has 0 bridgehead atoms. The van der Waals surface area contributed by atoms with E-state index in [1.54, 1.807) is 0 Å². The molecule has 0 radical (unpaired) electrons. The molecule has 91 heavy (non-hydrogen) atoms. The van der Waals surface area contributed by atoms with Crippen molar-refractivity contribution in [3.8, 4) is 0 Å². The highest BCUT2D eigenvalue weighted by Crippen LogP contribution is 2.63. The molecule has 0 aliphatic heterocycles. The molecular weight excluding hydrogens is 1480 g/mol. The van der Waals surface area contributed by atoms with Gasteiger partial charge in [0.05, 0.1) is 15.9 Å². The molecule has 0 heterocycles. The number of hydrogen-bond acceptors (Lipinski definition) is 3. The largest absolute Gasteiger partial charge is 0.462 e. The SMILES string of the molecule is Fc1c(F)c(C(F)(F)C(F)(OC(F)(F)C(F)(F)C(F)(F)F)C(F)(F)F)c(F)c(F)c1P(c1c(F)c(F)c(C(F)(F)C(F)(OC(F)(F)C(F)(F)C(F)(F)F)C(F)(F)F)c(F)c1F)c1c(F)c(F)c(C(F)(F)C(F)(OC(F)(F)C(F)(F)C(F)(F)F)C(F)(F)F)c(F)c1F. The minimum atomic E-state index is -9.06. The summed E-state index contributed by atoms with van der Waals surface area (Å²) in [6.07, 6.45) is -77.6. The lowest BCUT2D eigenvalue weighted by molar-refractivity contribution is -0.511. The van der Waals surface area contributed by atoms with E-state index in [2.05, 4.69) is 0 Å². The summed E-state index contributed by atoms with van der Waals surface area (Å²) in [6.45, 7) is 0. The topological polar surface area (TPSA) is 27.7 Å². The molecular formula is C36F51O3P. The van der Waals surface area contributed by atoms with E-state index in [1.165, 1.54) is 0 Å². The van der Waals surface area contributed by atoms with E-state index >= 15 is 92.2 Å². The van der Waals surface area contributed by atoms with Gasteiger partial charge in [0.25, 0.3) is 0 Å². The molecule has 3 unspecified atom stereocenters. The summed E-state index contributed by atoms with van der Waals surface area (Å²) >= 11 is 0. The summed E-state index contributed by atoms with van der Waals surface area (Å²) in [5, 5.41) is -14.5. The molecule has 0 spiro atoms. The van der Waals surface area contributed by atoms with Crippen LogP contribution in [0.5, 0.6) is 0 Å². The summed E-state index contributed by atoms with van der Waals surface area (Å²) in [5.41, 5.74) is -16.5. The Morgan fingerprint density at radius 2 is 0.319 bits per heavy atom. The van der Waals surface area contributed by atoms with E-state index in [-0.39, 0.29) is 0 Å². The number of ether oxygens (including phenoxy) is 3. The number of halogens is 51. The smallest absolute Gasteiger partial charge is 0.264 e. The zero-order chi connectivity index (χ0) is 73.1. The van der Waals surface area contributed by atoms with Gasteiger partial charge in [-0.15, -0.1) is 0 Å². The lowest BCUT2D eigenvalue weighted by Gasteiger charge is -2.39. The minimum absolute atomic E-state index is 1.13. The van der Waals surface area contributed by atoms with E-state index in [1.807, 2.05) is 0 Å². The van der Waals surface area contributed by atoms with Crippen molar-refractivity contribution in [2.75, 3.05) is 0 Å². The average Bonchev–Trinajstić information content (AvgIpc) is 0.723. The van der Waals surface area contributed by atoms with Crippen LogP contribution in [0.4, 0.5) is 224 Å². The molecule has 3 atom stereocenters. The van der Waals surface area contributed by atoms with Crippen molar-refractivity contribution in [3.05, 3.63) is 86.5 Å². The zero-order valence-electron chi connectivity index (χ0n) is 38.9. The van der Waals surface area contributed by atoms with Crippen molar-refractivity contribution >= 4 is 23.8 Å². The van der Waals surface area contributed by atoms with E-state index in [4.69, 9.17) is 0 Å². The Bertz CT molecular complexity index is 2860. The Morgan fingerprint density at radius 3 is 0.429 bits per heavy atom. The van der Waals surface area contributed by atoms with Gasteiger partial charge in [0.15, 0.2) is 69.8 Å². The third-order valence-corrected chi connectivity index (χ3v) is 13.1. The van der Waals surface area contributed by atoms with Gasteiger partial charge in [0.1, 0.15) is 16.7 Å². The number of alkyl halides is 39. The lowest BCUT2D eigenvalue weighted by atomic mass is 9.98. The van der Waals surface area contributed by atoms with E-state index in [0.717, 1.165) is 14.2 Å². The van der Waals surface area contributed by atoms with Crippen LogP contribution in [0.25, 0.3) is 0 Å². The highest BCUT2D eigenvalue weighted by atomic mass is 31.1. The van der Waals surface area contributed by atoms with Gasteiger partial charge in [-0.05, 0) is 0 Å². The third-order valence-electron chi connectivity index (χ3n) is 10.6. The molecule has 55 heteroatoms. The van der Waals surface area contributed by atoms with Crippen molar-refractivity contribution in [1.29, 1.82) is 0 Å². The molecule has 0 N–H and O–H groups in total. The van der Waals surface area contributed by atoms with E-state index in [0.29, 0.717) is 0 Å². The number of hydrogen-bond donors (Lipinski definition) is 0. The second-order valence-electron chi connectivity index (χ2n) is 16.3. The quantitative estimate of drug-likeness (QED) is 0.0722. The fourth-order valence-electron chi connectivity index (χ4n) is 6.21. The van der Waals surface area contributed by atoms with Crippen LogP contribution in [0, 0.1) is 69.8 Å². The summed E-state index contributed by atoms with van der Waals surface area (Å²) in [4.78, 5) is 0. The molecule has 3 rings (SSSR count). The summed E-state index contributed by atoms with van der Waals surface area (Å²) in [7, 11) is -7.62. The monoisotopic (exact) mass is 1480 g/mol. The van der Waals surface area contributed by atoms with E-state index < -0.39 is 219 Å². The molecule has 0 amide bonds. The first-order valence-corrected chi connectivity index (χ1v) is 21.1. The van der Waals surface area contributed by atoms with Crippen molar-refractivity contribution < 1.29 is 238 Å². The predicted molar refractivity (Wildman–Crippen MR) is 177 cm³/mol.